The Kier molecular flexibility index (Phi) is 2.90. The van der Waals surface area contributed by atoms with Gasteiger partial charge in [-0.2, -0.15) is 13.2 Å². The molecule has 2 nitrogen and oxygen atoms in total. The largest absolute Gasteiger partial charge is 0.429 e. The second-order valence-electron chi connectivity index (χ2n) is 2.72. The Balaban J connectivity index is 0.00000112. The van der Waals surface area contributed by atoms with Crippen molar-refractivity contribution in [2.45, 2.75) is 13.6 Å². The van der Waals surface area contributed by atoms with Crippen LogP contribution in [0.3, 0.4) is 0 Å². The zero-order chi connectivity index (χ0) is 10.3. The van der Waals surface area contributed by atoms with Crippen LogP contribution in [0, 0.1) is 4.84 Å². The molecule has 6 heteroatoms. The van der Waals surface area contributed by atoms with Gasteiger partial charge in [0.2, 0.25) is 0 Å². The molecule has 0 saturated carbocycles. The molecule has 0 bridgehead atoms. The third-order valence-corrected chi connectivity index (χ3v) is 1.93. The van der Waals surface area contributed by atoms with Gasteiger partial charge in [0.15, 0.2) is 5.58 Å². The van der Waals surface area contributed by atoms with E-state index in [2.05, 4.69) is 17.2 Å². The number of aromatic amines is 1. The van der Waals surface area contributed by atoms with Crippen LogP contribution >= 0.6 is 12.2 Å². The van der Waals surface area contributed by atoms with Crippen molar-refractivity contribution in [1.82, 2.24) is 4.98 Å². The van der Waals surface area contributed by atoms with Gasteiger partial charge in [-0.25, -0.2) is 0 Å². The van der Waals surface area contributed by atoms with Gasteiger partial charge in [0.1, 0.15) is 0 Å². The van der Waals surface area contributed by atoms with Crippen molar-refractivity contribution in [3.8, 4) is 0 Å². The SMILES string of the molecule is C.FC(F)(F)c1ccc2oc(=S)[nH]c2c1. The van der Waals surface area contributed by atoms with Crippen LogP contribution in [0.5, 0.6) is 0 Å². The van der Waals surface area contributed by atoms with Gasteiger partial charge in [0.25, 0.3) is 4.84 Å². The zero-order valence-electron chi connectivity index (χ0n) is 6.68. The minimum Gasteiger partial charge on any atom is -0.429 e. The quantitative estimate of drug-likeness (QED) is 0.695. The maximum absolute atomic E-state index is 12.3. The lowest BCUT2D eigenvalue weighted by Crippen LogP contribution is -2.03. The number of alkyl halides is 3. The van der Waals surface area contributed by atoms with E-state index >= 15 is 0 Å². The van der Waals surface area contributed by atoms with Gasteiger partial charge in [-0.3, -0.25) is 0 Å². The molecule has 82 valence electrons. The first-order chi connectivity index (χ1) is 6.47. The Hall–Kier alpha value is -1.30. The first-order valence-corrected chi connectivity index (χ1v) is 4.08. The van der Waals surface area contributed by atoms with Crippen molar-refractivity contribution in [3.05, 3.63) is 28.6 Å². The second-order valence-corrected chi connectivity index (χ2v) is 3.09. The summed E-state index contributed by atoms with van der Waals surface area (Å²) in [6.07, 6.45) is -4.35. The highest BCUT2D eigenvalue weighted by molar-refractivity contribution is 7.71. The van der Waals surface area contributed by atoms with Crippen LogP contribution < -0.4 is 0 Å². The molecule has 0 aliphatic heterocycles. The van der Waals surface area contributed by atoms with E-state index in [1.807, 2.05) is 0 Å². The van der Waals surface area contributed by atoms with Crippen LogP contribution in [0.1, 0.15) is 13.0 Å². The maximum Gasteiger partial charge on any atom is 0.416 e. The normalized spacial score (nSPS) is 11.4. The smallest absolute Gasteiger partial charge is 0.416 e. The van der Waals surface area contributed by atoms with Gasteiger partial charge in [0.05, 0.1) is 11.1 Å². The highest BCUT2D eigenvalue weighted by atomic mass is 32.1. The van der Waals surface area contributed by atoms with Crippen molar-refractivity contribution >= 4 is 23.3 Å². The Labute approximate surface area is 88.7 Å². The van der Waals surface area contributed by atoms with Crippen LogP contribution in [0.2, 0.25) is 0 Å². The molecular formula is C9H8F3NOS. The number of H-pyrrole nitrogens is 1. The van der Waals surface area contributed by atoms with Gasteiger partial charge >= 0.3 is 6.18 Å². The van der Waals surface area contributed by atoms with Crippen molar-refractivity contribution < 1.29 is 17.6 Å². The molecule has 2 rings (SSSR count). The van der Waals surface area contributed by atoms with Gasteiger partial charge in [-0.1, -0.05) is 7.43 Å². The predicted molar refractivity (Wildman–Crippen MR) is 53.1 cm³/mol. The number of hydrogen-bond acceptors (Lipinski definition) is 2. The summed E-state index contributed by atoms with van der Waals surface area (Å²) < 4.78 is 41.7. The minimum absolute atomic E-state index is 0. The minimum atomic E-state index is -4.35. The van der Waals surface area contributed by atoms with E-state index in [9.17, 15) is 13.2 Å². The lowest BCUT2D eigenvalue weighted by Gasteiger charge is -2.04. The van der Waals surface area contributed by atoms with Crippen LogP contribution in [-0.2, 0) is 6.18 Å². The number of fused-ring (bicyclic) bond motifs is 1. The average molecular weight is 235 g/mol. The molecule has 1 N–H and O–H groups in total. The molecule has 0 amide bonds. The molecule has 0 aliphatic carbocycles. The summed E-state index contributed by atoms with van der Waals surface area (Å²) in [6.45, 7) is 0. The van der Waals surface area contributed by atoms with E-state index in [1.165, 1.54) is 6.07 Å². The Bertz CT molecular complexity index is 526. The highest BCUT2D eigenvalue weighted by Crippen LogP contribution is 2.31. The lowest BCUT2D eigenvalue weighted by atomic mass is 10.2. The van der Waals surface area contributed by atoms with E-state index in [4.69, 9.17) is 4.42 Å². The zero-order valence-corrected chi connectivity index (χ0v) is 7.50. The van der Waals surface area contributed by atoms with Crippen LogP contribution in [0.15, 0.2) is 22.6 Å². The predicted octanol–water partition coefficient (Wildman–Crippen LogP) is 4.15. The number of oxazole rings is 1. The van der Waals surface area contributed by atoms with Crippen molar-refractivity contribution in [3.63, 3.8) is 0 Å². The van der Waals surface area contributed by atoms with Gasteiger partial charge in [0, 0.05) is 0 Å². The summed E-state index contributed by atoms with van der Waals surface area (Å²) in [5.41, 5.74) is -0.148. The summed E-state index contributed by atoms with van der Waals surface area (Å²) in [4.78, 5) is 2.59. The van der Waals surface area contributed by atoms with E-state index in [-0.39, 0.29) is 17.8 Å². The molecule has 1 aromatic heterocycles. The summed E-state index contributed by atoms with van der Waals surface area (Å²) in [6, 6.07) is 3.16. The fraction of sp³-hybridized carbons (Fsp3) is 0.222. The Morgan fingerprint density at radius 2 is 1.93 bits per heavy atom. The summed E-state index contributed by atoms with van der Waals surface area (Å²) in [5, 5.41) is 0. The van der Waals surface area contributed by atoms with E-state index in [0.717, 1.165) is 12.1 Å². The number of rotatable bonds is 0. The molecule has 15 heavy (non-hydrogen) atoms. The Morgan fingerprint density at radius 3 is 2.53 bits per heavy atom. The molecule has 0 aliphatic rings. The van der Waals surface area contributed by atoms with Crippen LogP contribution in [0.25, 0.3) is 11.1 Å². The first kappa shape index (κ1) is 11.8. The third kappa shape index (κ3) is 2.20. The van der Waals surface area contributed by atoms with Crippen molar-refractivity contribution in [1.29, 1.82) is 0 Å². The number of nitrogens with one attached hydrogen (secondary N) is 1. The molecule has 0 radical (unpaired) electrons. The van der Waals surface area contributed by atoms with E-state index in [0.29, 0.717) is 5.58 Å². The maximum atomic E-state index is 12.3. The average Bonchev–Trinajstić information content (AvgIpc) is 2.41. The molecule has 0 atom stereocenters. The molecule has 1 aromatic carbocycles. The monoisotopic (exact) mass is 235 g/mol. The van der Waals surface area contributed by atoms with Gasteiger partial charge in [-0.15, -0.1) is 0 Å². The third-order valence-electron chi connectivity index (χ3n) is 1.75. The second kappa shape index (κ2) is 3.69. The summed E-state index contributed by atoms with van der Waals surface area (Å²) in [7, 11) is 0. The number of benzene rings is 1. The molecule has 2 aromatic rings. The van der Waals surface area contributed by atoms with Gasteiger partial charge < -0.3 is 9.40 Å². The topological polar surface area (TPSA) is 28.9 Å². The molecular weight excluding hydrogens is 227 g/mol. The van der Waals surface area contributed by atoms with E-state index in [1.54, 1.807) is 0 Å². The Morgan fingerprint density at radius 1 is 1.27 bits per heavy atom. The van der Waals surface area contributed by atoms with Crippen molar-refractivity contribution in [2.75, 3.05) is 0 Å². The first-order valence-electron chi connectivity index (χ1n) is 3.67. The number of hydrogen-bond donors (Lipinski definition) is 1. The molecule has 1 heterocycles. The fourth-order valence-corrected chi connectivity index (χ4v) is 1.33. The van der Waals surface area contributed by atoms with Crippen LogP contribution in [0.4, 0.5) is 13.2 Å². The fourth-order valence-electron chi connectivity index (χ4n) is 1.13. The number of halogens is 3. The highest BCUT2D eigenvalue weighted by Gasteiger charge is 2.30. The van der Waals surface area contributed by atoms with Gasteiger partial charge in [-0.05, 0) is 30.4 Å². The summed E-state index contributed by atoms with van der Waals surface area (Å²) in [5.74, 6) is 0. The standard InChI is InChI=1S/C8H4F3NOS.CH4/c9-8(10,11)4-1-2-6-5(3-4)12-7(14)13-6;/h1-3H,(H,12,14);1H4. The van der Waals surface area contributed by atoms with E-state index < -0.39 is 11.7 Å². The molecule has 0 unspecified atom stereocenters. The number of aromatic nitrogens is 1. The summed E-state index contributed by atoms with van der Waals surface area (Å²) >= 11 is 4.65. The molecule has 0 fully saturated rings. The lowest BCUT2D eigenvalue weighted by molar-refractivity contribution is -0.137. The molecule has 0 saturated heterocycles. The van der Waals surface area contributed by atoms with Crippen molar-refractivity contribution in [2.24, 2.45) is 0 Å². The van der Waals surface area contributed by atoms with Crippen LogP contribution in [-0.4, -0.2) is 4.98 Å². The molecule has 0 spiro atoms.